The molecule has 0 bridgehead atoms. The zero-order chi connectivity index (χ0) is 15.0. The van der Waals surface area contributed by atoms with Crippen LogP contribution in [0.3, 0.4) is 0 Å². The van der Waals surface area contributed by atoms with Gasteiger partial charge in [0.15, 0.2) is 5.96 Å². The molecule has 122 valence electrons. The van der Waals surface area contributed by atoms with Crippen LogP contribution in [-0.4, -0.2) is 62.6 Å². The van der Waals surface area contributed by atoms with Gasteiger partial charge in [0, 0.05) is 39.1 Å². The predicted molar refractivity (Wildman–Crippen MR) is 91.8 cm³/mol. The molecular weight excluding hydrogens is 387 g/mol. The number of guanidine groups is 1. The van der Waals surface area contributed by atoms with E-state index >= 15 is 0 Å². The number of rotatable bonds is 5. The van der Waals surface area contributed by atoms with Crippen LogP contribution < -0.4 is 10.6 Å². The lowest BCUT2D eigenvalue weighted by molar-refractivity contribution is -0.140. The summed E-state index contributed by atoms with van der Waals surface area (Å²) in [5.74, 6) is 0.571. The standard InChI is InChI=1S/C13H24N4O3.HI/c1-4-11(18)17-8-6-10(9-17)16-13(14-2)15-7-5-12(19)20-3;/h10H,4-9H2,1-3H3,(H2,14,15,16);1H. The summed E-state index contributed by atoms with van der Waals surface area (Å²) in [6.45, 7) is 3.82. The number of hydrogen-bond donors (Lipinski definition) is 2. The van der Waals surface area contributed by atoms with Gasteiger partial charge >= 0.3 is 5.97 Å². The molecule has 0 spiro atoms. The van der Waals surface area contributed by atoms with Crippen molar-refractivity contribution in [2.24, 2.45) is 4.99 Å². The van der Waals surface area contributed by atoms with Crippen molar-refractivity contribution in [1.82, 2.24) is 15.5 Å². The van der Waals surface area contributed by atoms with Crippen LogP contribution in [0.5, 0.6) is 0 Å². The molecule has 1 rings (SSSR count). The number of esters is 1. The molecule has 2 N–H and O–H groups in total. The van der Waals surface area contributed by atoms with E-state index in [2.05, 4.69) is 20.4 Å². The number of halogens is 1. The van der Waals surface area contributed by atoms with Gasteiger partial charge in [-0.1, -0.05) is 6.92 Å². The third-order valence-electron chi connectivity index (χ3n) is 3.26. The summed E-state index contributed by atoms with van der Waals surface area (Å²) >= 11 is 0. The maximum atomic E-state index is 11.6. The normalized spacial score (nSPS) is 18.0. The summed E-state index contributed by atoms with van der Waals surface area (Å²) in [4.78, 5) is 28.6. The van der Waals surface area contributed by atoms with Crippen LogP contribution in [0.4, 0.5) is 0 Å². The zero-order valence-electron chi connectivity index (χ0n) is 12.8. The molecule has 8 heteroatoms. The van der Waals surface area contributed by atoms with Gasteiger partial charge in [0.2, 0.25) is 5.91 Å². The third-order valence-corrected chi connectivity index (χ3v) is 3.26. The van der Waals surface area contributed by atoms with Crippen molar-refractivity contribution in [2.75, 3.05) is 33.8 Å². The number of aliphatic imine (C=N–C) groups is 1. The Hall–Kier alpha value is -1.06. The first-order chi connectivity index (χ1) is 9.60. The van der Waals surface area contributed by atoms with E-state index in [0.29, 0.717) is 31.9 Å². The Balaban J connectivity index is 0.00000400. The monoisotopic (exact) mass is 412 g/mol. The maximum absolute atomic E-state index is 11.6. The number of likely N-dealkylation sites (tertiary alicyclic amines) is 1. The van der Waals surface area contributed by atoms with Gasteiger partial charge in [0.1, 0.15) is 0 Å². The Morgan fingerprint density at radius 3 is 2.71 bits per heavy atom. The Kier molecular flexibility index (Phi) is 10.1. The highest BCUT2D eigenvalue weighted by molar-refractivity contribution is 14.0. The Labute approximate surface area is 142 Å². The maximum Gasteiger partial charge on any atom is 0.307 e. The van der Waals surface area contributed by atoms with Crippen LogP contribution in [0.2, 0.25) is 0 Å². The highest BCUT2D eigenvalue weighted by atomic mass is 127. The minimum Gasteiger partial charge on any atom is -0.469 e. The largest absolute Gasteiger partial charge is 0.469 e. The minimum absolute atomic E-state index is 0. The number of nitrogens with one attached hydrogen (secondary N) is 2. The molecule has 1 unspecified atom stereocenters. The van der Waals surface area contributed by atoms with Crippen molar-refractivity contribution in [3.63, 3.8) is 0 Å². The van der Waals surface area contributed by atoms with Crippen LogP contribution >= 0.6 is 24.0 Å². The van der Waals surface area contributed by atoms with E-state index < -0.39 is 0 Å². The molecule has 0 aromatic rings. The van der Waals surface area contributed by atoms with E-state index in [0.717, 1.165) is 13.0 Å². The Morgan fingerprint density at radius 2 is 2.14 bits per heavy atom. The second-order valence-electron chi connectivity index (χ2n) is 4.65. The van der Waals surface area contributed by atoms with Crippen LogP contribution in [0.1, 0.15) is 26.2 Å². The summed E-state index contributed by atoms with van der Waals surface area (Å²) in [7, 11) is 3.05. The molecule has 0 saturated carbocycles. The van der Waals surface area contributed by atoms with Crippen molar-refractivity contribution in [2.45, 2.75) is 32.2 Å². The van der Waals surface area contributed by atoms with Crippen molar-refractivity contribution in [1.29, 1.82) is 0 Å². The van der Waals surface area contributed by atoms with Crippen LogP contribution in [0, 0.1) is 0 Å². The topological polar surface area (TPSA) is 83.0 Å². The summed E-state index contributed by atoms with van der Waals surface area (Å²) in [5, 5.41) is 6.31. The Morgan fingerprint density at radius 1 is 1.43 bits per heavy atom. The summed E-state index contributed by atoms with van der Waals surface area (Å²) in [6, 6.07) is 0.204. The highest BCUT2D eigenvalue weighted by Gasteiger charge is 2.25. The molecule has 1 saturated heterocycles. The van der Waals surface area contributed by atoms with Crippen LogP contribution in [0.15, 0.2) is 4.99 Å². The van der Waals surface area contributed by atoms with Crippen molar-refractivity contribution < 1.29 is 14.3 Å². The van der Waals surface area contributed by atoms with Crippen LogP contribution in [0.25, 0.3) is 0 Å². The van der Waals surface area contributed by atoms with E-state index in [1.54, 1.807) is 7.05 Å². The number of hydrogen-bond acceptors (Lipinski definition) is 4. The lowest BCUT2D eigenvalue weighted by atomic mass is 10.3. The first kappa shape index (κ1) is 19.9. The molecule has 0 aromatic carbocycles. The average Bonchev–Trinajstić information content (AvgIpc) is 2.93. The number of carbonyl (C=O) groups is 2. The molecule has 7 nitrogen and oxygen atoms in total. The molecule has 21 heavy (non-hydrogen) atoms. The third kappa shape index (κ3) is 6.96. The van der Waals surface area contributed by atoms with Crippen molar-refractivity contribution in [3.8, 4) is 0 Å². The summed E-state index contributed by atoms with van der Waals surface area (Å²) in [6.07, 6.45) is 1.74. The predicted octanol–water partition coefficient (Wildman–Crippen LogP) is 0.343. The van der Waals surface area contributed by atoms with Gasteiger partial charge in [-0.05, 0) is 6.42 Å². The molecule has 0 aliphatic carbocycles. The first-order valence-electron chi connectivity index (χ1n) is 6.92. The minimum atomic E-state index is -0.256. The zero-order valence-corrected chi connectivity index (χ0v) is 15.2. The van der Waals surface area contributed by atoms with E-state index in [-0.39, 0.29) is 41.9 Å². The van der Waals surface area contributed by atoms with E-state index in [1.165, 1.54) is 7.11 Å². The SMILES string of the molecule is CCC(=O)N1CCC(NC(=NC)NCCC(=O)OC)C1.I. The molecule has 0 aromatic heterocycles. The van der Waals surface area contributed by atoms with Gasteiger partial charge in [-0.2, -0.15) is 0 Å². The molecule has 1 amide bonds. The number of amides is 1. The Bertz CT molecular complexity index is 376. The fourth-order valence-corrected chi connectivity index (χ4v) is 2.10. The number of nitrogens with zero attached hydrogens (tertiary/aromatic N) is 2. The van der Waals surface area contributed by atoms with Crippen molar-refractivity contribution >= 4 is 41.8 Å². The van der Waals surface area contributed by atoms with Gasteiger partial charge in [-0.3, -0.25) is 14.6 Å². The average molecular weight is 412 g/mol. The van der Waals surface area contributed by atoms with Gasteiger partial charge in [-0.25, -0.2) is 0 Å². The fourth-order valence-electron chi connectivity index (χ4n) is 2.10. The molecule has 1 aliphatic rings. The van der Waals surface area contributed by atoms with E-state index in [1.807, 2.05) is 11.8 Å². The smallest absolute Gasteiger partial charge is 0.307 e. The van der Waals surface area contributed by atoms with E-state index in [9.17, 15) is 9.59 Å². The summed E-state index contributed by atoms with van der Waals surface area (Å²) in [5.41, 5.74) is 0. The number of methoxy groups -OCH3 is 1. The molecule has 0 radical (unpaired) electrons. The molecule has 1 fully saturated rings. The number of carbonyl (C=O) groups excluding carboxylic acids is 2. The highest BCUT2D eigenvalue weighted by Crippen LogP contribution is 2.10. The molecule has 1 heterocycles. The van der Waals surface area contributed by atoms with E-state index in [4.69, 9.17) is 0 Å². The van der Waals surface area contributed by atoms with Gasteiger partial charge in [0.25, 0.3) is 0 Å². The number of ether oxygens (including phenoxy) is 1. The van der Waals surface area contributed by atoms with Gasteiger partial charge in [-0.15, -0.1) is 24.0 Å². The second kappa shape index (κ2) is 10.6. The van der Waals surface area contributed by atoms with Crippen molar-refractivity contribution in [3.05, 3.63) is 0 Å². The molecule has 1 atom stereocenters. The lowest BCUT2D eigenvalue weighted by Gasteiger charge is -2.18. The quantitative estimate of drug-likeness (QED) is 0.295. The molecule has 1 aliphatic heterocycles. The van der Waals surface area contributed by atoms with Gasteiger partial charge < -0.3 is 20.3 Å². The van der Waals surface area contributed by atoms with Crippen LogP contribution in [-0.2, 0) is 14.3 Å². The fraction of sp³-hybridized carbons (Fsp3) is 0.769. The van der Waals surface area contributed by atoms with Gasteiger partial charge in [0.05, 0.1) is 13.5 Å². The summed E-state index contributed by atoms with van der Waals surface area (Å²) < 4.78 is 4.57. The lowest BCUT2D eigenvalue weighted by Crippen LogP contribution is -2.45. The first-order valence-corrected chi connectivity index (χ1v) is 6.92. The molecular formula is C13H25IN4O3. The second-order valence-corrected chi connectivity index (χ2v) is 4.65.